The molecule has 4 atom stereocenters. The summed E-state index contributed by atoms with van der Waals surface area (Å²) >= 11 is 0. The van der Waals surface area contributed by atoms with Gasteiger partial charge in [-0.05, 0) is 62.1 Å². The first-order chi connectivity index (χ1) is 17.8. The summed E-state index contributed by atoms with van der Waals surface area (Å²) in [5.41, 5.74) is 1.31. The van der Waals surface area contributed by atoms with E-state index in [1.165, 1.54) is 0 Å². The molecular weight excluding hydrogens is 472 g/mol. The van der Waals surface area contributed by atoms with Crippen molar-refractivity contribution >= 4 is 5.91 Å². The molecule has 2 aromatic rings. The largest absolute Gasteiger partial charge is 0.497 e. The van der Waals surface area contributed by atoms with Crippen molar-refractivity contribution in [3.8, 4) is 11.8 Å². The van der Waals surface area contributed by atoms with Gasteiger partial charge in [0.05, 0.1) is 44.2 Å². The fourth-order valence-electron chi connectivity index (χ4n) is 5.12. The van der Waals surface area contributed by atoms with Crippen LogP contribution in [0.3, 0.4) is 0 Å². The standard InChI is InChI=1S/C29H34N2O6/c1-28(2)36-25-15-29(27(32)31-22-11-12-22,35-18-21-5-4-6-23(13-21)33-3)14-24(26(25)37-28)34-17-20-9-7-19(16-30)8-10-20/h4-10,13,22,24-26H,11-12,14-15,17-18H2,1-3H3,(H,31,32)/t24?,25-,26+,29-/m1/s1. The van der Waals surface area contributed by atoms with Gasteiger partial charge in [0, 0.05) is 18.9 Å². The third kappa shape index (κ3) is 5.97. The lowest BCUT2D eigenvalue weighted by Gasteiger charge is -2.43. The molecule has 0 spiro atoms. The van der Waals surface area contributed by atoms with E-state index in [-0.39, 0.29) is 30.8 Å². The van der Waals surface area contributed by atoms with E-state index in [1.807, 2.05) is 50.2 Å². The van der Waals surface area contributed by atoms with Crippen LogP contribution in [0.2, 0.25) is 0 Å². The van der Waals surface area contributed by atoms with Gasteiger partial charge in [-0.3, -0.25) is 4.79 Å². The zero-order valence-corrected chi connectivity index (χ0v) is 21.6. The van der Waals surface area contributed by atoms with Crippen molar-refractivity contribution in [3.05, 3.63) is 65.2 Å². The highest BCUT2D eigenvalue weighted by Gasteiger charge is 2.58. The Hall–Kier alpha value is -2.96. The zero-order chi connectivity index (χ0) is 26.0. The lowest BCUT2D eigenvalue weighted by Crippen LogP contribution is -2.60. The molecule has 5 rings (SSSR count). The number of nitriles is 1. The lowest BCUT2D eigenvalue weighted by atomic mass is 9.78. The Kier molecular flexibility index (Phi) is 7.24. The molecule has 8 nitrogen and oxygen atoms in total. The summed E-state index contributed by atoms with van der Waals surface area (Å²) in [4.78, 5) is 13.7. The van der Waals surface area contributed by atoms with Gasteiger partial charge in [-0.25, -0.2) is 0 Å². The number of nitrogens with one attached hydrogen (secondary N) is 1. The van der Waals surface area contributed by atoms with Crippen LogP contribution in [-0.2, 0) is 37.0 Å². The Morgan fingerprint density at radius 2 is 1.86 bits per heavy atom. The smallest absolute Gasteiger partial charge is 0.252 e. The molecule has 0 radical (unpaired) electrons. The molecule has 1 N–H and O–H groups in total. The SMILES string of the molecule is COc1cccc(CO[C@]2(C(=O)NC3CC3)CC(OCc3ccc(C#N)cc3)[C@@H]3OC(C)(C)O[C@@H]3C2)c1. The van der Waals surface area contributed by atoms with Crippen molar-refractivity contribution in [1.82, 2.24) is 5.32 Å². The van der Waals surface area contributed by atoms with Crippen molar-refractivity contribution in [2.45, 2.75) is 88.5 Å². The molecule has 37 heavy (non-hydrogen) atoms. The third-order valence-corrected chi connectivity index (χ3v) is 7.17. The predicted molar refractivity (Wildman–Crippen MR) is 134 cm³/mol. The number of fused-ring (bicyclic) bond motifs is 1. The molecule has 2 saturated carbocycles. The Balaban J connectivity index is 1.39. The van der Waals surface area contributed by atoms with Crippen LogP contribution >= 0.6 is 0 Å². The van der Waals surface area contributed by atoms with E-state index in [4.69, 9.17) is 28.9 Å². The van der Waals surface area contributed by atoms with Crippen LogP contribution in [0.15, 0.2) is 48.5 Å². The predicted octanol–water partition coefficient (Wildman–Crippen LogP) is 4.00. The quantitative estimate of drug-likeness (QED) is 0.549. The first-order valence-corrected chi connectivity index (χ1v) is 12.8. The van der Waals surface area contributed by atoms with Crippen LogP contribution in [0, 0.1) is 11.3 Å². The van der Waals surface area contributed by atoms with E-state index < -0.39 is 17.5 Å². The highest BCUT2D eigenvalue weighted by atomic mass is 16.8. The van der Waals surface area contributed by atoms with E-state index in [0.29, 0.717) is 25.0 Å². The first kappa shape index (κ1) is 25.7. The number of amides is 1. The van der Waals surface area contributed by atoms with Crippen LogP contribution in [0.5, 0.6) is 5.75 Å². The zero-order valence-electron chi connectivity index (χ0n) is 21.6. The minimum Gasteiger partial charge on any atom is -0.497 e. The number of hydrogen-bond donors (Lipinski definition) is 1. The van der Waals surface area contributed by atoms with E-state index in [1.54, 1.807) is 19.2 Å². The van der Waals surface area contributed by atoms with E-state index in [2.05, 4.69) is 11.4 Å². The number of carbonyl (C=O) groups is 1. The van der Waals surface area contributed by atoms with Crippen LogP contribution in [0.1, 0.15) is 56.2 Å². The van der Waals surface area contributed by atoms with Crippen LogP contribution < -0.4 is 10.1 Å². The van der Waals surface area contributed by atoms with Gasteiger partial charge in [0.1, 0.15) is 11.9 Å². The number of carbonyl (C=O) groups excluding carboxylic acids is 1. The summed E-state index contributed by atoms with van der Waals surface area (Å²) in [6.07, 6.45) is 1.57. The molecule has 1 aliphatic heterocycles. The van der Waals surface area contributed by atoms with Crippen LogP contribution in [0.25, 0.3) is 0 Å². The van der Waals surface area contributed by atoms with E-state index in [0.717, 1.165) is 29.7 Å². The van der Waals surface area contributed by atoms with Gasteiger partial charge < -0.3 is 29.0 Å². The van der Waals surface area contributed by atoms with Gasteiger partial charge in [0.15, 0.2) is 11.4 Å². The molecule has 196 valence electrons. The molecule has 1 unspecified atom stereocenters. The maximum atomic E-state index is 13.7. The minimum absolute atomic E-state index is 0.128. The van der Waals surface area contributed by atoms with Crippen molar-refractivity contribution in [2.24, 2.45) is 0 Å². The Bertz CT molecular complexity index is 1160. The lowest BCUT2D eigenvalue weighted by molar-refractivity contribution is -0.183. The van der Waals surface area contributed by atoms with Crippen molar-refractivity contribution in [3.63, 3.8) is 0 Å². The van der Waals surface area contributed by atoms with Gasteiger partial charge in [-0.2, -0.15) is 5.26 Å². The number of rotatable bonds is 9. The highest BCUT2D eigenvalue weighted by Crippen LogP contribution is 2.44. The fourth-order valence-corrected chi connectivity index (χ4v) is 5.12. The second kappa shape index (κ2) is 10.4. The molecule has 1 heterocycles. The summed E-state index contributed by atoms with van der Waals surface area (Å²) in [6, 6.07) is 17.3. The van der Waals surface area contributed by atoms with E-state index >= 15 is 0 Å². The molecule has 0 bridgehead atoms. The van der Waals surface area contributed by atoms with Crippen molar-refractivity contribution < 1.29 is 28.5 Å². The van der Waals surface area contributed by atoms with Gasteiger partial charge in [-0.15, -0.1) is 0 Å². The van der Waals surface area contributed by atoms with Crippen molar-refractivity contribution in [1.29, 1.82) is 5.26 Å². The van der Waals surface area contributed by atoms with Crippen molar-refractivity contribution in [2.75, 3.05) is 7.11 Å². The normalized spacial score (nSPS) is 28.2. The summed E-state index contributed by atoms with van der Waals surface area (Å²) in [5.74, 6) is -0.183. The number of hydrogen-bond acceptors (Lipinski definition) is 7. The Morgan fingerprint density at radius 1 is 1.08 bits per heavy atom. The van der Waals surface area contributed by atoms with Crippen LogP contribution in [0.4, 0.5) is 0 Å². The number of methoxy groups -OCH3 is 1. The molecule has 1 saturated heterocycles. The fraction of sp³-hybridized carbons (Fsp3) is 0.517. The third-order valence-electron chi connectivity index (χ3n) is 7.17. The Labute approximate surface area is 217 Å². The molecule has 8 heteroatoms. The molecule has 3 aliphatic rings. The molecular formula is C29H34N2O6. The van der Waals surface area contributed by atoms with Crippen LogP contribution in [-0.4, -0.2) is 48.8 Å². The van der Waals surface area contributed by atoms with E-state index in [9.17, 15) is 4.79 Å². The average Bonchev–Trinajstić information content (AvgIpc) is 3.66. The maximum absolute atomic E-state index is 13.7. The molecule has 2 aliphatic carbocycles. The molecule has 3 fully saturated rings. The molecule has 2 aromatic carbocycles. The highest BCUT2D eigenvalue weighted by molar-refractivity contribution is 5.86. The maximum Gasteiger partial charge on any atom is 0.252 e. The second-order valence-corrected chi connectivity index (χ2v) is 10.6. The van der Waals surface area contributed by atoms with Gasteiger partial charge >= 0.3 is 0 Å². The summed E-state index contributed by atoms with van der Waals surface area (Å²) in [5, 5.41) is 12.2. The number of benzene rings is 2. The average molecular weight is 507 g/mol. The summed E-state index contributed by atoms with van der Waals surface area (Å²) in [6.45, 7) is 4.33. The van der Waals surface area contributed by atoms with Gasteiger partial charge in [0.25, 0.3) is 5.91 Å². The topological polar surface area (TPSA) is 99.0 Å². The number of ether oxygens (including phenoxy) is 5. The van der Waals surface area contributed by atoms with Gasteiger partial charge in [0.2, 0.25) is 0 Å². The van der Waals surface area contributed by atoms with Gasteiger partial charge in [-0.1, -0.05) is 24.3 Å². The second-order valence-electron chi connectivity index (χ2n) is 10.6. The number of nitrogens with zero attached hydrogens (tertiary/aromatic N) is 1. The molecule has 0 aromatic heterocycles. The monoisotopic (exact) mass is 506 g/mol. The Morgan fingerprint density at radius 3 is 2.57 bits per heavy atom. The summed E-state index contributed by atoms with van der Waals surface area (Å²) < 4.78 is 30.8. The summed E-state index contributed by atoms with van der Waals surface area (Å²) in [7, 11) is 1.63. The molecule has 1 amide bonds. The first-order valence-electron chi connectivity index (χ1n) is 12.8. The minimum atomic E-state index is -1.13.